The lowest BCUT2D eigenvalue weighted by molar-refractivity contribution is 0.214. The minimum Gasteiger partial charge on any atom is -0.497 e. The average Bonchev–Trinajstić information content (AvgIpc) is 3.15. The lowest BCUT2D eigenvalue weighted by Crippen LogP contribution is -2.41. The van der Waals surface area contributed by atoms with Crippen molar-refractivity contribution in [1.29, 1.82) is 0 Å². The molecule has 152 valence electrons. The normalized spacial score (nSPS) is 23.8. The molecule has 5 nitrogen and oxygen atoms in total. The summed E-state index contributed by atoms with van der Waals surface area (Å²) in [7, 11) is 3.94. The molecule has 2 aliphatic rings. The van der Waals surface area contributed by atoms with Gasteiger partial charge in [-0.3, -0.25) is 4.99 Å². The van der Waals surface area contributed by atoms with Gasteiger partial charge in [-0.25, -0.2) is 0 Å². The number of likely N-dealkylation sites (tertiary alicyclic amines) is 2. The van der Waals surface area contributed by atoms with Crippen LogP contribution in [0.1, 0.15) is 37.7 Å². The summed E-state index contributed by atoms with van der Waals surface area (Å²) in [5.74, 6) is 3.29. The van der Waals surface area contributed by atoms with Crippen molar-refractivity contribution in [2.24, 2.45) is 10.9 Å². The van der Waals surface area contributed by atoms with Crippen molar-refractivity contribution >= 4 is 29.9 Å². The molecule has 0 bridgehead atoms. The topological polar surface area (TPSA) is 40.1 Å². The van der Waals surface area contributed by atoms with Crippen molar-refractivity contribution < 1.29 is 4.74 Å². The first kappa shape index (κ1) is 22.3. The highest BCUT2D eigenvalue weighted by molar-refractivity contribution is 14.0. The molecule has 0 aromatic heterocycles. The lowest BCUT2D eigenvalue weighted by atomic mass is 9.98. The van der Waals surface area contributed by atoms with E-state index in [4.69, 9.17) is 9.73 Å². The lowest BCUT2D eigenvalue weighted by Gasteiger charge is -2.29. The summed E-state index contributed by atoms with van der Waals surface area (Å²) in [6.07, 6.45) is 3.79. The minimum absolute atomic E-state index is 0. The number of rotatable bonds is 5. The Hall–Kier alpha value is -1.02. The van der Waals surface area contributed by atoms with Crippen LogP contribution >= 0.6 is 24.0 Å². The van der Waals surface area contributed by atoms with Crippen LogP contribution < -0.4 is 10.1 Å². The molecule has 0 spiro atoms. The molecule has 6 heteroatoms. The van der Waals surface area contributed by atoms with E-state index in [-0.39, 0.29) is 24.0 Å². The van der Waals surface area contributed by atoms with Gasteiger partial charge in [0.15, 0.2) is 5.96 Å². The van der Waals surface area contributed by atoms with E-state index in [2.05, 4.69) is 53.4 Å². The molecule has 0 radical (unpaired) electrons. The predicted octanol–water partition coefficient (Wildman–Crippen LogP) is 3.41. The Morgan fingerprint density at radius 3 is 2.63 bits per heavy atom. The fourth-order valence-corrected chi connectivity index (χ4v) is 4.16. The molecule has 2 atom stereocenters. The van der Waals surface area contributed by atoms with Crippen molar-refractivity contribution in [2.75, 3.05) is 53.4 Å². The Labute approximate surface area is 181 Å². The maximum absolute atomic E-state index is 5.28. The van der Waals surface area contributed by atoms with Gasteiger partial charge in [-0.15, -0.1) is 24.0 Å². The van der Waals surface area contributed by atoms with Gasteiger partial charge in [0, 0.05) is 38.6 Å². The van der Waals surface area contributed by atoms with E-state index in [1.165, 1.54) is 37.9 Å². The number of methoxy groups -OCH3 is 1. The van der Waals surface area contributed by atoms with E-state index >= 15 is 0 Å². The second-order valence-corrected chi connectivity index (χ2v) is 7.67. The highest BCUT2D eigenvalue weighted by atomic mass is 127. The molecule has 2 saturated heterocycles. The number of ether oxygens (including phenoxy) is 1. The summed E-state index contributed by atoms with van der Waals surface area (Å²) in [6, 6.07) is 8.54. The Morgan fingerprint density at radius 2 is 1.96 bits per heavy atom. The Balaban J connectivity index is 0.00000261. The first-order valence-corrected chi connectivity index (χ1v) is 10.0. The number of guanidine groups is 1. The molecule has 3 rings (SSSR count). The first-order chi connectivity index (χ1) is 12.7. The quantitative estimate of drug-likeness (QED) is 0.394. The molecule has 1 aromatic rings. The fourth-order valence-electron chi connectivity index (χ4n) is 4.16. The number of benzene rings is 1. The van der Waals surface area contributed by atoms with Crippen LogP contribution in [0.3, 0.4) is 0 Å². The number of hydrogen-bond acceptors (Lipinski definition) is 3. The Bertz CT molecular complexity index is 592. The highest BCUT2D eigenvalue weighted by Gasteiger charge is 2.26. The third-order valence-electron chi connectivity index (χ3n) is 5.63. The molecule has 2 aliphatic heterocycles. The van der Waals surface area contributed by atoms with Gasteiger partial charge in [0.2, 0.25) is 0 Å². The van der Waals surface area contributed by atoms with Crippen LogP contribution in [0.25, 0.3) is 0 Å². The summed E-state index contributed by atoms with van der Waals surface area (Å²) in [5.41, 5.74) is 1.40. The van der Waals surface area contributed by atoms with Crippen molar-refractivity contribution in [3.63, 3.8) is 0 Å². The Morgan fingerprint density at radius 1 is 1.19 bits per heavy atom. The van der Waals surface area contributed by atoms with E-state index in [1.54, 1.807) is 7.11 Å². The van der Waals surface area contributed by atoms with Crippen LogP contribution in [0.5, 0.6) is 5.75 Å². The van der Waals surface area contributed by atoms with Crippen LogP contribution in [0.15, 0.2) is 29.3 Å². The molecule has 2 heterocycles. The van der Waals surface area contributed by atoms with Crippen LogP contribution in [0, 0.1) is 5.92 Å². The monoisotopic (exact) mass is 486 g/mol. The molecule has 2 unspecified atom stereocenters. The molecule has 27 heavy (non-hydrogen) atoms. The molecular weight excluding hydrogens is 451 g/mol. The van der Waals surface area contributed by atoms with Gasteiger partial charge >= 0.3 is 0 Å². The molecule has 0 amide bonds. The minimum atomic E-state index is 0. The maximum atomic E-state index is 5.28. The zero-order valence-corrected chi connectivity index (χ0v) is 19.3. The van der Waals surface area contributed by atoms with Crippen LogP contribution in [-0.2, 0) is 0 Å². The second-order valence-electron chi connectivity index (χ2n) is 7.67. The molecule has 2 fully saturated rings. The van der Waals surface area contributed by atoms with Gasteiger partial charge in [-0.05, 0) is 63.4 Å². The van der Waals surface area contributed by atoms with Crippen LogP contribution in [0.2, 0.25) is 0 Å². The maximum Gasteiger partial charge on any atom is 0.193 e. The number of nitrogens with zero attached hydrogens (tertiary/aromatic N) is 3. The van der Waals surface area contributed by atoms with E-state index in [9.17, 15) is 0 Å². The SMILES string of the molecule is CCNC(=NCC1CCCN(C)C1)N1CCC(c2ccc(OC)cc2)C1.I. The van der Waals surface area contributed by atoms with Gasteiger partial charge in [0.05, 0.1) is 7.11 Å². The third-order valence-corrected chi connectivity index (χ3v) is 5.63. The second kappa shape index (κ2) is 11.1. The van der Waals surface area contributed by atoms with Crippen molar-refractivity contribution in [1.82, 2.24) is 15.1 Å². The van der Waals surface area contributed by atoms with Crippen molar-refractivity contribution in [3.8, 4) is 5.75 Å². The van der Waals surface area contributed by atoms with Gasteiger partial charge in [0.25, 0.3) is 0 Å². The fraction of sp³-hybridized carbons (Fsp3) is 0.667. The summed E-state index contributed by atoms with van der Waals surface area (Å²) in [5, 5.41) is 3.51. The molecule has 0 aliphatic carbocycles. The number of hydrogen-bond donors (Lipinski definition) is 1. The van der Waals surface area contributed by atoms with Gasteiger partial charge in [0.1, 0.15) is 5.75 Å². The number of halogens is 1. The predicted molar refractivity (Wildman–Crippen MR) is 124 cm³/mol. The zero-order chi connectivity index (χ0) is 18.4. The van der Waals surface area contributed by atoms with E-state index in [0.717, 1.165) is 37.9 Å². The van der Waals surface area contributed by atoms with E-state index in [0.29, 0.717) is 11.8 Å². The number of nitrogens with one attached hydrogen (secondary N) is 1. The standard InChI is InChI=1S/C21H34N4O.HI/c1-4-22-21(23-14-17-6-5-12-24(2)15-17)25-13-11-19(16-25)18-7-9-20(26-3)10-8-18;/h7-10,17,19H,4-6,11-16H2,1-3H3,(H,22,23);1H. The van der Waals surface area contributed by atoms with Gasteiger partial charge in [-0.2, -0.15) is 0 Å². The van der Waals surface area contributed by atoms with Crippen molar-refractivity contribution in [2.45, 2.75) is 32.1 Å². The molecule has 1 N–H and O–H groups in total. The third kappa shape index (κ3) is 6.24. The van der Waals surface area contributed by atoms with Crippen LogP contribution in [0.4, 0.5) is 0 Å². The van der Waals surface area contributed by atoms with E-state index < -0.39 is 0 Å². The van der Waals surface area contributed by atoms with E-state index in [1.807, 2.05) is 0 Å². The molecular formula is C21H35IN4O. The highest BCUT2D eigenvalue weighted by Crippen LogP contribution is 2.28. The smallest absolute Gasteiger partial charge is 0.193 e. The largest absolute Gasteiger partial charge is 0.497 e. The zero-order valence-electron chi connectivity index (χ0n) is 17.0. The van der Waals surface area contributed by atoms with Gasteiger partial charge in [-0.1, -0.05) is 12.1 Å². The summed E-state index contributed by atoms with van der Waals surface area (Å²) >= 11 is 0. The average molecular weight is 486 g/mol. The molecule has 0 saturated carbocycles. The summed E-state index contributed by atoms with van der Waals surface area (Å²) < 4.78 is 5.28. The first-order valence-electron chi connectivity index (χ1n) is 10.0. The Kier molecular flexibility index (Phi) is 9.15. The summed E-state index contributed by atoms with van der Waals surface area (Å²) in [6.45, 7) is 8.55. The van der Waals surface area contributed by atoms with Crippen LogP contribution in [-0.4, -0.2) is 69.2 Å². The van der Waals surface area contributed by atoms with Gasteiger partial charge < -0.3 is 19.9 Å². The number of piperidine rings is 1. The molecule has 1 aromatic carbocycles. The number of aliphatic imine (C=N–C) groups is 1. The van der Waals surface area contributed by atoms with Crippen molar-refractivity contribution in [3.05, 3.63) is 29.8 Å². The summed E-state index contributed by atoms with van der Waals surface area (Å²) in [4.78, 5) is 9.87.